The number of furan rings is 1. The molecule has 146 valence electrons. The van der Waals surface area contributed by atoms with E-state index in [-0.39, 0.29) is 22.8 Å². The van der Waals surface area contributed by atoms with E-state index in [1.54, 1.807) is 55.5 Å². The number of amides is 1. The third-order valence-corrected chi connectivity index (χ3v) is 4.94. The Labute approximate surface area is 167 Å². The summed E-state index contributed by atoms with van der Waals surface area (Å²) in [5, 5.41) is 21.3. The topological polar surface area (TPSA) is 91.0 Å². The van der Waals surface area contributed by atoms with Crippen LogP contribution in [0, 0.1) is 13.8 Å². The van der Waals surface area contributed by atoms with Crippen molar-refractivity contribution in [3.05, 3.63) is 88.9 Å². The van der Waals surface area contributed by atoms with Gasteiger partial charge in [-0.1, -0.05) is 42.0 Å². The minimum atomic E-state index is -1.00. The van der Waals surface area contributed by atoms with Crippen LogP contribution in [-0.2, 0) is 9.59 Å². The summed E-state index contributed by atoms with van der Waals surface area (Å²) in [5.74, 6) is -1.22. The third kappa shape index (κ3) is 3.08. The van der Waals surface area contributed by atoms with Crippen LogP contribution in [0.1, 0.15) is 28.7 Å². The molecule has 4 rings (SSSR count). The van der Waals surface area contributed by atoms with Crippen molar-refractivity contribution in [1.29, 1.82) is 0 Å². The Morgan fingerprint density at radius 1 is 0.966 bits per heavy atom. The molecule has 29 heavy (non-hydrogen) atoms. The lowest BCUT2D eigenvalue weighted by Crippen LogP contribution is -2.29. The van der Waals surface area contributed by atoms with E-state index in [1.165, 1.54) is 12.1 Å². The molecule has 2 heterocycles. The number of Topliss-reactive ketones (excluding diaryl/α,β-unsaturated/α-hetero) is 1. The van der Waals surface area contributed by atoms with Gasteiger partial charge in [0.1, 0.15) is 29.1 Å². The Bertz CT molecular complexity index is 1140. The molecule has 6 nitrogen and oxygen atoms in total. The monoisotopic (exact) mass is 389 g/mol. The number of nitrogens with zero attached hydrogens (tertiary/aromatic N) is 1. The molecule has 2 aromatic carbocycles. The van der Waals surface area contributed by atoms with Crippen molar-refractivity contribution < 1.29 is 24.2 Å². The zero-order valence-electron chi connectivity index (χ0n) is 15.9. The van der Waals surface area contributed by atoms with Gasteiger partial charge < -0.3 is 14.6 Å². The molecule has 1 fully saturated rings. The predicted octanol–water partition coefficient (Wildman–Crippen LogP) is 4.23. The third-order valence-electron chi connectivity index (χ3n) is 4.94. The molecule has 0 radical (unpaired) electrons. The molecular weight excluding hydrogens is 370 g/mol. The van der Waals surface area contributed by atoms with Crippen molar-refractivity contribution in [1.82, 2.24) is 0 Å². The first-order valence-electron chi connectivity index (χ1n) is 9.11. The second-order valence-corrected chi connectivity index (χ2v) is 6.97. The van der Waals surface area contributed by atoms with Gasteiger partial charge in [-0.3, -0.25) is 14.5 Å². The lowest BCUT2D eigenvalue weighted by Gasteiger charge is -2.24. The lowest BCUT2D eigenvalue weighted by molar-refractivity contribution is -0.132. The largest absolute Gasteiger partial charge is 0.507 e. The summed E-state index contributed by atoms with van der Waals surface area (Å²) < 4.78 is 5.72. The first-order chi connectivity index (χ1) is 13.9. The summed E-state index contributed by atoms with van der Waals surface area (Å²) in [5.41, 5.74) is 1.49. The number of anilines is 1. The van der Waals surface area contributed by atoms with E-state index in [2.05, 4.69) is 0 Å². The van der Waals surface area contributed by atoms with Crippen molar-refractivity contribution in [3.63, 3.8) is 0 Å². The Balaban J connectivity index is 1.96. The van der Waals surface area contributed by atoms with Gasteiger partial charge in [-0.05, 0) is 38.1 Å². The molecule has 0 spiro atoms. The highest BCUT2D eigenvalue weighted by molar-refractivity contribution is 6.51. The standard InChI is InChI=1S/C23H19NO5/c1-13-7-10-15(11-8-13)21(26)19-20(18-12-9-14(2)29-18)24(23(28)22(19)27)16-5-3-4-6-17(16)25/h3-12,20,25-26H,1-2H3/b21-19-. The molecule has 0 aliphatic carbocycles. The van der Waals surface area contributed by atoms with E-state index in [1.807, 2.05) is 6.92 Å². The summed E-state index contributed by atoms with van der Waals surface area (Å²) in [7, 11) is 0. The maximum Gasteiger partial charge on any atom is 0.300 e. The summed E-state index contributed by atoms with van der Waals surface area (Å²) in [6.07, 6.45) is 0. The van der Waals surface area contributed by atoms with Gasteiger partial charge in [0.2, 0.25) is 0 Å². The number of carbonyl (C=O) groups is 2. The number of benzene rings is 2. The van der Waals surface area contributed by atoms with E-state index in [0.717, 1.165) is 10.5 Å². The van der Waals surface area contributed by atoms with Crippen LogP contribution in [-0.4, -0.2) is 21.9 Å². The van der Waals surface area contributed by atoms with Crippen molar-refractivity contribution in [2.75, 3.05) is 4.90 Å². The first kappa shape index (κ1) is 18.6. The average Bonchev–Trinajstić information content (AvgIpc) is 3.24. The van der Waals surface area contributed by atoms with E-state index < -0.39 is 17.7 Å². The Morgan fingerprint density at radius 2 is 1.66 bits per heavy atom. The van der Waals surface area contributed by atoms with Crippen LogP contribution in [0.2, 0.25) is 0 Å². The first-order valence-corrected chi connectivity index (χ1v) is 9.11. The number of ketones is 1. The molecular formula is C23H19NO5. The second-order valence-electron chi connectivity index (χ2n) is 6.97. The van der Waals surface area contributed by atoms with Crippen molar-refractivity contribution in [2.24, 2.45) is 0 Å². The van der Waals surface area contributed by atoms with Crippen LogP contribution < -0.4 is 4.90 Å². The van der Waals surface area contributed by atoms with Crippen LogP contribution in [0.15, 0.2) is 70.7 Å². The molecule has 1 amide bonds. The average molecular weight is 389 g/mol. The quantitative estimate of drug-likeness (QED) is 0.397. The number of hydrogen-bond donors (Lipinski definition) is 2. The molecule has 1 aliphatic rings. The van der Waals surface area contributed by atoms with Gasteiger partial charge >= 0.3 is 0 Å². The highest BCUT2D eigenvalue weighted by atomic mass is 16.3. The van der Waals surface area contributed by atoms with Gasteiger partial charge in [0.25, 0.3) is 11.7 Å². The summed E-state index contributed by atoms with van der Waals surface area (Å²) in [6, 6.07) is 15.6. The molecule has 1 aliphatic heterocycles. The van der Waals surface area contributed by atoms with E-state index in [9.17, 15) is 19.8 Å². The summed E-state index contributed by atoms with van der Waals surface area (Å²) in [4.78, 5) is 27.0. The second kappa shape index (κ2) is 6.98. The van der Waals surface area contributed by atoms with Crippen LogP contribution in [0.3, 0.4) is 0 Å². The summed E-state index contributed by atoms with van der Waals surface area (Å²) >= 11 is 0. The number of aliphatic hydroxyl groups excluding tert-OH is 1. The lowest BCUT2D eigenvalue weighted by atomic mass is 9.98. The normalized spacial score (nSPS) is 18.4. The summed E-state index contributed by atoms with van der Waals surface area (Å²) in [6.45, 7) is 3.65. The Hall–Kier alpha value is -3.80. The SMILES string of the molecule is Cc1ccc(/C(O)=C2/C(=O)C(=O)N(c3ccccc3O)C2c2ccc(C)o2)cc1. The van der Waals surface area contributed by atoms with E-state index in [4.69, 9.17) is 4.42 Å². The van der Waals surface area contributed by atoms with Crippen LogP contribution >= 0.6 is 0 Å². The highest BCUT2D eigenvalue weighted by Crippen LogP contribution is 2.44. The Morgan fingerprint density at radius 3 is 2.28 bits per heavy atom. The highest BCUT2D eigenvalue weighted by Gasteiger charge is 2.49. The van der Waals surface area contributed by atoms with Gasteiger partial charge in [0.15, 0.2) is 0 Å². The molecule has 0 saturated carbocycles. The number of phenolic OH excluding ortho intramolecular Hbond substituents is 1. The molecule has 2 N–H and O–H groups in total. The number of phenols is 1. The van der Waals surface area contributed by atoms with E-state index in [0.29, 0.717) is 17.1 Å². The number of aryl methyl sites for hydroxylation is 2. The van der Waals surface area contributed by atoms with Crippen LogP contribution in [0.5, 0.6) is 5.75 Å². The molecule has 1 saturated heterocycles. The fourth-order valence-corrected chi connectivity index (χ4v) is 3.49. The van der Waals surface area contributed by atoms with Gasteiger partial charge in [0.05, 0.1) is 11.3 Å². The number of carbonyl (C=O) groups excluding carboxylic acids is 2. The number of aliphatic hydroxyl groups is 1. The minimum Gasteiger partial charge on any atom is -0.507 e. The zero-order chi connectivity index (χ0) is 20.7. The maximum absolute atomic E-state index is 12.9. The van der Waals surface area contributed by atoms with Crippen molar-refractivity contribution in [2.45, 2.75) is 19.9 Å². The number of rotatable bonds is 3. The van der Waals surface area contributed by atoms with Gasteiger partial charge in [-0.15, -0.1) is 0 Å². The smallest absolute Gasteiger partial charge is 0.300 e. The molecule has 0 bridgehead atoms. The van der Waals surface area contributed by atoms with Gasteiger partial charge in [0, 0.05) is 5.56 Å². The Kier molecular flexibility index (Phi) is 4.47. The number of para-hydroxylation sites is 2. The fraction of sp³-hybridized carbons (Fsp3) is 0.130. The molecule has 3 aromatic rings. The van der Waals surface area contributed by atoms with Crippen LogP contribution in [0.4, 0.5) is 5.69 Å². The predicted molar refractivity (Wildman–Crippen MR) is 108 cm³/mol. The van der Waals surface area contributed by atoms with Crippen LogP contribution in [0.25, 0.3) is 5.76 Å². The molecule has 1 atom stereocenters. The molecule has 1 unspecified atom stereocenters. The maximum atomic E-state index is 12.9. The number of hydrogen-bond acceptors (Lipinski definition) is 5. The van der Waals surface area contributed by atoms with E-state index >= 15 is 0 Å². The zero-order valence-corrected chi connectivity index (χ0v) is 15.9. The van der Waals surface area contributed by atoms with Gasteiger partial charge in [-0.2, -0.15) is 0 Å². The molecule has 6 heteroatoms. The van der Waals surface area contributed by atoms with Crippen molar-refractivity contribution >= 4 is 23.1 Å². The van der Waals surface area contributed by atoms with Gasteiger partial charge in [-0.25, -0.2) is 0 Å². The molecule has 1 aromatic heterocycles. The number of aromatic hydroxyl groups is 1. The minimum absolute atomic E-state index is 0.0866. The fourth-order valence-electron chi connectivity index (χ4n) is 3.49. The van der Waals surface area contributed by atoms with Crippen molar-refractivity contribution in [3.8, 4) is 5.75 Å².